The van der Waals surface area contributed by atoms with E-state index in [1.54, 1.807) is 23.1 Å². The van der Waals surface area contributed by atoms with Crippen molar-refractivity contribution in [3.63, 3.8) is 0 Å². The number of para-hydroxylation sites is 1. The first-order valence-electron chi connectivity index (χ1n) is 5.83. The van der Waals surface area contributed by atoms with Gasteiger partial charge in [-0.25, -0.2) is 4.68 Å². The lowest BCUT2D eigenvalue weighted by Crippen LogP contribution is -1.99. The molecule has 0 saturated carbocycles. The third-order valence-electron chi connectivity index (χ3n) is 2.80. The Morgan fingerprint density at radius 1 is 1.25 bits per heavy atom. The van der Waals surface area contributed by atoms with Crippen molar-refractivity contribution >= 4 is 38.9 Å². The molecular formula is C14H10BrClN2OS. The summed E-state index contributed by atoms with van der Waals surface area (Å²) in [7, 11) is 1.60. The fraction of sp³-hybridized carbons (Fsp3) is 0.0714. The molecular weight excluding hydrogens is 360 g/mol. The molecule has 0 spiro atoms. The second-order valence-corrected chi connectivity index (χ2v) is 6.91. The van der Waals surface area contributed by atoms with E-state index < -0.39 is 0 Å². The van der Waals surface area contributed by atoms with Gasteiger partial charge in [0.1, 0.15) is 0 Å². The Morgan fingerprint density at radius 3 is 2.70 bits per heavy atom. The molecule has 3 aromatic rings. The zero-order valence-electron chi connectivity index (χ0n) is 10.5. The molecule has 0 saturated heterocycles. The molecule has 0 N–H and O–H groups in total. The average molecular weight is 370 g/mol. The van der Waals surface area contributed by atoms with E-state index in [1.807, 2.05) is 42.5 Å². The van der Waals surface area contributed by atoms with E-state index >= 15 is 0 Å². The number of hydrogen-bond donors (Lipinski definition) is 0. The SMILES string of the molecule is COc1cc(-c2ccc(Br)s2)n(-c2ccccc2Cl)n1. The summed E-state index contributed by atoms with van der Waals surface area (Å²) in [5, 5.41) is 5.10. The molecule has 0 amide bonds. The predicted molar refractivity (Wildman–Crippen MR) is 86.1 cm³/mol. The summed E-state index contributed by atoms with van der Waals surface area (Å²) in [5.74, 6) is 0.560. The molecule has 3 rings (SSSR count). The number of halogens is 2. The molecule has 0 atom stereocenters. The minimum atomic E-state index is 0.560. The number of aromatic nitrogens is 2. The molecule has 0 aliphatic carbocycles. The van der Waals surface area contributed by atoms with Crippen LogP contribution in [0.3, 0.4) is 0 Å². The molecule has 0 unspecified atom stereocenters. The first-order valence-corrected chi connectivity index (χ1v) is 7.82. The number of hydrogen-bond acceptors (Lipinski definition) is 3. The molecule has 3 nitrogen and oxygen atoms in total. The van der Waals surface area contributed by atoms with Crippen LogP contribution in [-0.4, -0.2) is 16.9 Å². The van der Waals surface area contributed by atoms with Gasteiger partial charge in [0.2, 0.25) is 5.88 Å². The van der Waals surface area contributed by atoms with E-state index in [1.165, 1.54) is 0 Å². The standard InChI is InChI=1S/C14H10BrClN2OS/c1-19-14-8-11(12-6-7-13(15)20-12)18(17-14)10-5-3-2-4-9(10)16/h2-8H,1H3. The molecule has 0 bridgehead atoms. The van der Waals surface area contributed by atoms with Gasteiger partial charge in [-0.2, -0.15) is 0 Å². The van der Waals surface area contributed by atoms with Gasteiger partial charge in [0.05, 0.1) is 32.2 Å². The fourth-order valence-electron chi connectivity index (χ4n) is 1.89. The summed E-state index contributed by atoms with van der Waals surface area (Å²) in [4.78, 5) is 1.09. The van der Waals surface area contributed by atoms with E-state index in [-0.39, 0.29) is 0 Å². The zero-order chi connectivity index (χ0) is 14.1. The van der Waals surface area contributed by atoms with Gasteiger partial charge in [-0.1, -0.05) is 23.7 Å². The summed E-state index contributed by atoms with van der Waals surface area (Å²) < 4.78 is 8.12. The lowest BCUT2D eigenvalue weighted by Gasteiger charge is -2.07. The van der Waals surface area contributed by atoms with Crippen LogP contribution in [0.15, 0.2) is 46.3 Å². The van der Waals surface area contributed by atoms with Crippen molar-refractivity contribution in [2.45, 2.75) is 0 Å². The van der Waals surface area contributed by atoms with Crippen LogP contribution in [0.1, 0.15) is 0 Å². The van der Waals surface area contributed by atoms with Gasteiger partial charge < -0.3 is 4.74 Å². The maximum absolute atomic E-state index is 6.27. The van der Waals surface area contributed by atoms with Crippen LogP contribution in [0.4, 0.5) is 0 Å². The van der Waals surface area contributed by atoms with Crippen LogP contribution in [0.25, 0.3) is 16.3 Å². The van der Waals surface area contributed by atoms with Crippen molar-refractivity contribution in [3.05, 3.63) is 51.3 Å². The molecule has 0 radical (unpaired) electrons. The van der Waals surface area contributed by atoms with Crippen molar-refractivity contribution in [2.24, 2.45) is 0 Å². The van der Waals surface area contributed by atoms with Gasteiger partial charge >= 0.3 is 0 Å². The highest BCUT2D eigenvalue weighted by atomic mass is 79.9. The van der Waals surface area contributed by atoms with E-state index in [0.29, 0.717) is 10.9 Å². The van der Waals surface area contributed by atoms with Gasteiger partial charge in [0, 0.05) is 6.07 Å². The molecule has 20 heavy (non-hydrogen) atoms. The average Bonchev–Trinajstić information content (AvgIpc) is 3.05. The Labute approximate surface area is 133 Å². The smallest absolute Gasteiger partial charge is 0.233 e. The van der Waals surface area contributed by atoms with Gasteiger partial charge in [-0.05, 0) is 40.2 Å². The van der Waals surface area contributed by atoms with Crippen LogP contribution in [-0.2, 0) is 0 Å². The molecule has 0 aliphatic heterocycles. The van der Waals surface area contributed by atoms with Crippen LogP contribution >= 0.6 is 38.9 Å². The second kappa shape index (κ2) is 5.60. The van der Waals surface area contributed by atoms with Crippen molar-refractivity contribution in [1.29, 1.82) is 0 Å². The van der Waals surface area contributed by atoms with Gasteiger partial charge in [-0.3, -0.25) is 0 Å². The summed E-state index contributed by atoms with van der Waals surface area (Å²) in [6.45, 7) is 0. The van der Waals surface area contributed by atoms with E-state index in [9.17, 15) is 0 Å². The highest BCUT2D eigenvalue weighted by Gasteiger charge is 2.15. The fourth-order valence-corrected chi connectivity index (χ4v) is 3.50. The van der Waals surface area contributed by atoms with Gasteiger partial charge in [0.15, 0.2) is 0 Å². The summed E-state index contributed by atoms with van der Waals surface area (Å²) >= 11 is 11.4. The lowest BCUT2D eigenvalue weighted by molar-refractivity contribution is 0.394. The number of rotatable bonds is 3. The largest absolute Gasteiger partial charge is 0.480 e. The zero-order valence-corrected chi connectivity index (χ0v) is 13.7. The second-order valence-electron chi connectivity index (χ2n) is 4.04. The maximum atomic E-state index is 6.27. The Kier molecular flexibility index (Phi) is 3.83. The summed E-state index contributed by atoms with van der Waals surface area (Å²) in [6, 6.07) is 13.6. The molecule has 102 valence electrons. The Balaban J connectivity index is 2.20. The molecule has 1 aromatic carbocycles. The predicted octanol–water partition coefficient (Wildman–Crippen LogP) is 5.03. The monoisotopic (exact) mass is 368 g/mol. The van der Waals surface area contributed by atoms with Crippen molar-refractivity contribution in [2.75, 3.05) is 7.11 Å². The molecule has 0 aliphatic rings. The topological polar surface area (TPSA) is 27.1 Å². The number of ether oxygens (including phenoxy) is 1. The minimum Gasteiger partial charge on any atom is -0.480 e. The minimum absolute atomic E-state index is 0.560. The van der Waals surface area contributed by atoms with Crippen LogP contribution in [0.5, 0.6) is 5.88 Å². The Hall–Kier alpha value is -1.30. The third kappa shape index (κ3) is 2.49. The highest BCUT2D eigenvalue weighted by molar-refractivity contribution is 9.11. The molecule has 2 heterocycles. The number of nitrogens with zero attached hydrogens (tertiary/aromatic N) is 2. The number of benzene rings is 1. The Morgan fingerprint density at radius 2 is 2.05 bits per heavy atom. The van der Waals surface area contributed by atoms with E-state index in [2.05, 4.69) is 21.0 Å². The third-order valence-corrected chi connectivity index (χ3v) is 4.77. The number of methoxy groups -OCH3 is 1. The molecule has 6 heteroatoms. The van der Waals surface area contributed by atoms with Gasteiger partial charge in [-0.15, -0.1) is 16.4 Å². The normalized spacial score (nSPS) is 10.8. The first-order chi connectivity index (χ1) is 9.69. The number of thiophene rings is 1. The quantitative estimate of drug-likeness (QED) is 0.648. The van der Waals surface area contributed by atoms with Crippen LogP contribution < -0.4 is 4.74 Å². The van der Waals surface area contributed by atoms with Crippen LogP contribution in [0, 0.1) is 0 Å². The van der Waals surface area contributed by atoms with Gasteiger partial charge in [0.25, 0.3) is 0 Å². The summed E-state index contributed by atoms with van der Waals surface area (Å²) in [6.07, 6.45) is 0. The molecule has 0 fully saturated rings. The van der Waals surface area contributed by atoms with E-state index in [0.717, 1.165) is 20.0 Å². The van der Waals surface area contributed by atoms with Crippen molar-refractivity contribution in [1.82, 2.24) is 9.78 Å². The Bertz CT molecular complexity index is 753. The highest BCUT2D eigenvalue weighted by Crippen LogP contribution is 2.35. The molecule has 2 aromatic heterocycles. The van der Waals surface area contributed by atoms with Crippen molar-refractivity contribution < 1.29 is 4.74 Å². The van der Waals surface area contributed by atoms with Crippen LogP contribution in [0.2, 0.25) is 5.02 Å². The van der Waals surface area contributed by atoms with Crippen molar-refractivity contribution in [3.8, 4) is 22.1 Å². The first kappa shape index (κ1) is 13.7. The maximum Gasteiger partial charge on any atom is 0.233 e. The lowest BCUT2D eigenvalue weighted by atomic mass is 10.3. The summed E-state index contributed by atoms with van der Waals surface area (Å²) in [5.41, 5.74) is 1.78. The van der Waals surface area contributed by atoms with E-state index in [4.69, 9.17) is 16.3 Å².